The van der Waals surface area contributed by atoms with Crippen LogP contribution < -0.4 is 5.32 Å². The Hall–Kier alpha value is -1.77. The highest BCUT2D eigenvalue weighted by Crippen LogP contribution is 2.39. The maximum Gasteiger partial charge on any atom is 0.252 e. The van der Waals surface area contributed by atoms with Crippen LogP contribution in [-0.4, -0.2) is 31.7 Å². The quantitative estimate of drug-likeness (QED) is 0.718. The monoisotopic (exact) mass is 450 g/mol. The molecule has 0 atom stereocenters. The van der Waals surface area contributed by atoms with Crippen LogP contribution in [0.2, 0.25) is 0 Å². The fraction of sp³-hybridized carbons (Fsp3) is 0.500. The van der Waals surface area contributed by atoms with Gasteiger partial charge in [-0.2, -0.15) is 4.31 Å². The molecule has 1 N–H and O–H groups in total. The first-order valence-electron chi connectivity index (χ1n) is 10.6. The number of carbonyl (C=O) groups excluding carboxylic acids is 1. The summed E-state index contributed by atoms with van der Waals surface area (Å²) in [5.74, 6) is -0.427. The topological polar surface area (TPSA) is 66.5 Å². The molecular weight excluding hydrogens is 423 g/mol. The predicted octanol–water partition coefficient (Wildman–Crippen LogP) is 4.19. The van der Waals surface area contributed by atoms with Gasteiger partial charge in [0.2, 0.25) is 5.91 Å². The van der Waals surface area contributed by atoms with Crippen LogP contribution in [0.25, 0.3) is 0 Å². The van der Waals surface area contributed by atoms with Gasteiger partial charge in [-0.1, -0.05) is 31.4 Å². The zero-order chi connectivity index (χ0) is 21.2. The van der Waals surface area contributed by atoms with Crippen LogP contribution >= 0.6 is 11.3 Å². The van der Waals surface area contributed by atoms with Crippen LogP contribution in [0.5, 0.6) is 0 Å². The van der Waals surface area contributed by atoms with Crippen molar-refractivity contribution in [3.8, 4) is 0 Å². The Morgan fingerprint density at radius 3 is 2.33 bits per heavy atom. The van der Waals surface area contributed by atoms with Gasteiger partial charge in [-0.15, -0.1) is 11.3 Å². The number of hydrogen-bond acceptors (Lipinski definition) is 4. The number of rotatable bonds is 6. The molecule has 0 radical (unpaired) electrons. The molecule has 5 nitrogen and oxygen atoms in total. The van der Waals surface area contributed by atoms with Gasteiger partial charge < -0.3 is 5.32 Å². The van der Waals surface area contributed by atoms with Crippen molar-refractivity contribution >= 4 is 27.3 Å². The zero-order valence-corrected chi connectivity index (χ0v) is 18.5. The maximum atomic E-state index is 13.3. The molecule has 1 amide bonds. The number of benzene rings is 1. The van der Waals surface area contributed by atoms with Crippen molar-refractivity contribution in [1.29, 1.82) is 0 Å². The van der Waals surface area contributed by atoms with E-state index in [1.165, 1.54) is 23.5 Å². The Morgan fingerprint density at radius 1 is 1.00 bits per heavy atom. The van der Waals surface area contributed by atoms with Crippen molar-refractivity contribution < 1.29 is 17.6 Å². The van der Waals surface area contributed by atoms with Gasteiger partial charge in [-0.05, 0) is 55.5 Å². The van der Waals surface area contributed by atoms with Crippen molar-refractivity contribution in [3.05, 3.63) is 52.7 Å². The molecule has 4 rings (SSSR count). The minimum atomic E-state index is -3.47. The highest BCUT2D eigenvalue weighted by Gasteiger charge is 2.37. The van der Waals surface area contributed by atoms with Crippen molar-refractivity contribution in [1.82, 2.24) is 9.62 Å². The lowest BCUT2D eigenvalue weighted by molar-refractivity contribution is -0.122. The van der Waals surface area contributed by atoms with Gasteiger partial charge in [0, 0.05) is 18.0 Å². The molecule has 1 saturated carbocycles. The van der Waals surface area contributed by atoms with Crippen LogP contribution in [0.3, 0.4) is 0 Å². The lowest BCUT2D eigenvalue weighted by atomic mass is 9.88. The second-order valence-electron chi connectivity index (χ2n) is 8.21. The highest BCUT2D eigenvalue weighted by atomic mass is 32.2. The van der Waals surface area contributed by atoms with Crippen molar-refractivity contribution in [2.75, 3.05) is 13.1 Å². The summed E-state index contributed by atoms with van der Waals surface area (Å²) < 4.78 is 40.9. The fourth-order valence-electron chi connectivity index (χ4n) is 4.53. The van der Waals surface area contributed by atoms with Gasteiger partial charge in [-0.3, -0.25) is 4.79 Å². The van der Waals surface area contributed by atoms with Gasteiger partial charge in [-0.25, -0.2) is 12.8 Å². The second-order valence-corrected chi connectivity index (χ2v) is 11.5. The molecule has 1 aliphatic carbocycles. The first-order valence-corrected chi connectivity index (χ1v) is 12.8. The van der Waals surface area contributed by atoms with Gasteiger partial charge in [0.05, 0.1) is 12.0 Å². The number of sulfonamides is 1. The molecule has 2 heterocycles. The minimum Gasteiger partial charge on any atom is -0.346 e. The Balaban J connectivity index is 1.46. The molecule has 1 aromatic carbocycles. The highest BCUT2D eigenvalue weighted by molar-refractivity contribution is 7.91. The molecule has 0 bridgehead atoms. The van der Waals surface area contributed by atoms with E-state index >= 15 is 0 Å². The summed E-state index contributed by atoms with van der Waals surface area (Å²) in [5, 5.41) is 3.17. The fourth-order valence-corrected chi connectivity index (χ4v) is 7.55. The number of nitrogens with zero attached hydrogens (tertiary/aromatic N) is 1. The Morgan fingerprint density at radius 2 is 1.67 bits per heavy atom. The van der Waals surface area contributed by atoms with Crippen LogP contribution in [0.1, 0.15) is 55.4 Å². The Labute approximate surface area is 181 Å². The summed E-state index contributed by atoms with van der Waals surface area (Å²) in [4.78, 5) is 13.6. The first-order chi connectivity index (χ1) is 14.4. The van der Waals surface area contributed by atoms with Crippen LogP contribution in [0, 0.1) is 5.82 Å². The van der Waals surface area contributed by atoms with E-state index in [0.29, 0.717) is 17.3 Å². The third-order valence-corrected chi connectivity index (χ3v) is 9.56. The molecule has 1 saturated heterocycles. The molecule has 8 heteroatoms. The molecule has 1 aliphatic heterocycles. The standard InChI is InChI=1S/C22H27FN2O3S2/c23-18-8-6-17(7-9-18)22(12-2-3-13-22)24-20(26)16-19-10-11-21(29-19)30(27,28)25-14-4-1-5-15-25/h6-11H,1-5,12-16H2,(H,24,26). The van der Waals surface area contributed by atoms with Crippen LogP contribution in [-0.2, 0) is 26.8 Å². The molecule has 0 unspecified atom stereocenters. The Kier molecular flexibility index (Phi) is 6.27. The lowest BCUT2D eigenvalue weighted by Crippen LogP contribution is -2.44. The molecule has 2 aliphatic rings. The summed E-state index contributed by atoms with van der Waals surface area (Å²) in [7, 11) is -3.47. The maximum absolute atomic E-state index is 13.3. The lowest BCUT2D eigenvalue weighted by Gasteiger charge is -2.31. The number of piperidine rings is 1. The average molecular weight is 451 g/mol. The van der Waals surface area contributed by atoms with Crippen molar-refractivity contribution in [2.24, 2.45) is 0 Å². The molecule has 2 fully saturated rings. The SMILES string of the molecule is O=C(Cc1ccc(S(=O)(=O)N2CCCCC2)s1)NC1(c2ccc(F)cc2)CCCC1. The largest absolute Gasteiger partial charge is 0.346 e. The van der Waals surface area contributed by atoms with Gasteiger partial charge in [0.25, 0.3) is 10.0 Å². The van der Waals surface area contributed by atoms with E-state index in [4.69, 9.17) is 0 Å². The first kappa shape index (κ1) is 21.5. The van der Waals surface area contributed by atoms with E-state index < -0.39 is 15.6 Å². The molecule has 2 aromatic rings. The number of hydrogen-bond donors (Lipinski definition) is 1. The zero-order valence-electron chi connectivity index (χ0n) is 16.9. The van der Waals surface area contributed by atoms with E-state index in [-0.39, 0.29) is 18.1 Å². The third kappa shape index (κ3) is 4.45. The summed E-state index contributed by atoms with van der Waals surface area (Å²) in [6.45, 7) is 1.13. The second kappa shape index (κ2) is 8.77. The molecular formula is C22H27FN2O3S2. The summed E-state index contributed by atoms with van der Waals surface area (Å²) >= 11 is 1.18. The van der Waals surface area contributed by atoms with E-state index in [9.17, 15) is 17.6 Å². The smallest absolute Gasteiger partial charge is 0.252 e. The number of halogens is 1. The average Bonchev–Trinajstić information content (AvgIpc) is 3.40. The Bertz CT molecular complexity index is 990. The third-order valence-electron chi connectivity index (χ3n) is 6.11. The van der Waals surface area contributed by atoms with Gasteiger partial charge in [0.15, 0.2) is 0 Å². The number of nitrogens with one attached hydrogen (secondary N) is 1. The van der Waals surface area contributed by atoms with E-state index in [2.05, 4.69) is 5.32 Å². The van der Waals surface area contributed by atoms with Gasteiger partial charge >= 0.3 is 0 Å². The van der Waals surface area contributed by atoms with Crippen LogP contribution in [0.15, 0.2) is 40.6 Å². The molecule has 1 aromatic heterocycles. The van der Waals surface area contributed by atoms with Crippen molar-refractivity contribution in [3.63, 3.8) is 0 Å². The summed E-state index contributed by atoms with van der Waals surface area (Å²) in [6, 6.07) is 9.70. The van der Waals surface area contributed by atoms with Crippen molar-refractivity contribution in [2.45, 2.75) is 61.1 Å². The molecule has 162 valence electrons. The normalized spacial score (nSPS) is 19.6. The molecule has 30 heavy (non-hydrogen) atoms. The summed E-state index contributed by atoms with van der Waals surface area (Å²) in [5.41, 5.74) is 0.458. The van der Waals surface area contributed by atoms with E-state index in [1.807, 2.05) is 0 Å². The number of amides is 1. The van der Waals surface area contributed by atoms with E-state index in [1.54, 1.807) is 28.6 Å². The van der Waals surface area contributed by atoms with Crippen LogP contribution in [0.4, 0.5) is 4.39 Å². The number of thiophene rings is 1. The minimum absolute atomic E-state index is 0.134. The summed E-state index contributed by atoms with van der Waals surface area (Å²) in [6.07, 6.45) is 6.66. The predicted molar refractivity (Wildman–Crippen MR) is 115 cm³/mol. The van der Waals surface area contributed by atoms with E-state index in [0.717, 1.165) is 55.4 Å². The number of carbonyl (C=O) groups is 1. The van der Waals surface area contributed by atoms with Gasteiger partial charge in [0.1, 0.15) is 10.0 Å². The molecule has 0 spiro atoms.